The molecule has 0 radical (unpaired) electrons. The Labute approximate surface area is 179 Å². The molecular formula is C21H22Cl2N2O2S. The molecule has 0 spiro atoms. The van der Waals surface area contributed by atoms with Gasteiger partial charge in [0.25, 0.3) is 5.91 Å². The Hall–Kier alpha value is -1.56. The van der Waals surface area contributed by atoms with Gasteiger partial charge in [0.2, 0.25) is 5.91 Å². The smallest absolute Gasteiger partial charge is 0.254 e. The average molecular weight is 437 g/mol. The van der Waals surface area contributed by atoms with Gasteiger partial charge in [-0.05, 0) is 60.9 Å². The fourth-order valence-corrected chi connectivity index (χ4v) is 5.58. The van der Waals surface area contributed by atoms with Crippen molar-refractivity contribution < 1.29 is 9.59 Å². The van der Waals surface area contributed by atoms with Crippen molar-refractivity contribution in [3.05, 3.63) is 55.7 Å². The molecule has 148 valence electrons. The van der Waals surface area contributed by atoms with Crippen molar-refractivity contribution in [2.45, 2.75) is 44.7 Å². The van der Waals surface area contributed by atoms with E-state index in [1.807, 2.05) is 4.90 Å². The van der Waals surface area contributed by atoms with E-state index in [-0.39, 0.29) is 17.9 Å². The number of halogens is 2. The number of hydrogen-bond acceptors (Lipinski definition) is 3. The molecular weight excluding hydrogens is 415 g/mol. The molecule has 2 aliphatic rings. The van der Waals surface area contributed by atoms with Gasteiger partial charge in [-0.2, -0.15) is 0 Å². The van der Waals surface area contributed by atoms with Gasteiger partial charge in [0.15, 0.2) is 0 Å². The van der Waals surface area contributed by atoms with Gasteiger partial charge in [0.1, 0.15) is 6.04 Å². The molecule has 1 saturated heterocycles. The van der Waals surface area contributed by atoms with E-state index in [0.717, 1.165) is 25.8 Å². The third-order valence-corrected chi connectivity index (χ3v) is 7.47. The summed E-state index contributed by atoms with van der Waals surface area (Å²) in [5, 5.41) is 2.87. The van der Waals surface area contributed by atoms with Crippen molar-refractivity contribution in [2.24, 2.45) is 0 Å². The maximum atomic E-state index is 13.5. The molecule has 1 fully saturated rings. The third kappa shape index (κ3) is 3.44. The van der Waals surface area contributed by atoms with Crippen LogP contribution in [0.2, 0.25) is 10.0 Å². The first-order valence-electron chi connectivity index (χ1n) is 9.64. The Kier molecular flexibility index (Phi) is 5.68. The van der Waals surface area contributed by atoms with Crippen LogP contribution < -0.4 is 0 Å². The molecule has 28 heavy (non-hydrogen) atoms. The summed E-state index contributed by atoms with van der Waals surface area (Å²) in [6.07, 6.45) is 3.30. The van der Waals surface area contributed by atoms with Gasteiger partial charge in [0, 0.05) is 23.5 Å². The zero-order valence-corrected chi connectivity index (χ0v) is 18.0. The molecule has 0 saturated carbocycles. The lowest BCUT2D eigenvalue weighted by molar-refractivity contribution is -0.138. The number of benzene rings is 1. The number of thiophene rings is 1. The number of hydrogen-bond donors (Lipinski definition) is 0. The lowest BCUT2D eigenvalue weighted by Crippen LogP contribution is -2.50. The molecule has 0 aliphatic carbocycles. The van der Waals surface area contributed by atoms with Crippen LogP contribution in [0.5, 0.6) is 0 Å². The standard InChI is InChI=1S/C21H22Cl2N2O2S/c1-2-17-14-8-11-28-19(14)7-10-25(17)21(27)18-4-3-9-24(18)20(26)13-5-6-15(22)16(23)12-13/h5-6,8,11-12,17-18H,2-4,7,9-10H2,1H3. The van der Waals surface area contributed by atoms with Gasteiger partial charge in [-0.15, -0.1) is 11.3 Å². The van der Waals surface area contributed by atoms with E-state index in [9.17, 15) is 9.59 Å². The Morgan fingerprint density at radius 1 is 1.14 bits per heavy atom. The van der Waals surface area contributed by atoms with Crippen LogP contribution in [0.4, 0.5) is 0 Å². The molecule has 4 rings (SSSR count). The second-order valence-electron chi connectivity index (χ2n) is 7.29. The molecule has 2 unspecified atom stereocenters. The predicted octanol–water partition coefficient (Wildman–Crippen LogP) is 5.20. The lowest BCUT2D eigenvalue weighted by Gasteiger charge is -2.38. The number of amides is 2. The van der Waals surface area contributed by atoms with Gasteiger partial charge in [-0.1, -0.05) is 30.1 Å². The van der Waals surface area contributed by atoms with E-state index in [1.54, 1.807) is 34.4 Å². The molecule has 2 atom stereocenters. The first-order valence-corrected chi connectivity index (χ1v) is 11.3. The van der Waals surface area contributed by atoms with Gasteiger partial charge >= 0.3 is 0 Å². The number of likely N-dealkylation sites (tertiary alicyclic amines) is 1. The second-order valence-corrected chi connectivity index (χ2v) is 9.11. The van der Waals surface area contributed by atoms with Crippen molar-refractivity contribution in [1.29, 1.82) is 0 Å². The van der Waals surface area contributed by atoms with Crippen molar-refractivity contribution in [3.63, 3.8) is 0 Å². The number of carbonyl (C=O) groups is 2. The van der Waals surface area contributed by atoms with Crippen LogP contribution in [0.25, 0.3) is 0 Å². The first kappa shape index (κ1) is 19.7. The lowest BCUT2D eigenvalue weighted by atomic mass is 9.96. The van der Waals surface area contributed by atoms with Crippen LogP contribution >= 0.6 is 34.5 Å². The molecule has 2 amide bonds. The summed E-state index contributed by atoms with van der Waals surface area (Å²) >= 11 is 13.8. The van der Waals surface area contributed by atoms with Crippen LogP contribution in [0, 0.1) is 0 Å². The molecule has 7 heteroatoms. The fourth-order valence-electron chi connectivity index (χ4n) is 4.35. The highest BCUT2D eigenvalue weighted by Crippen LogP contribution is 2.37. The maximum Gasteiger partial charge on any atom is 0.254 e. The predicted molar refractivity (Wildman–Crippen MR) is 113 cm³/mol. The minimum atomic E-state index is -0.406. The van der Waals surface area contributed by atoms with E-state index < -0.39 is 6.04 Å². The largest absolute Gasteiger partial charge is 0.333 e. The fraction of sp³-hybridized carbons (Fsp3) is 0.429. The van der Waals surface area contributed by atoms with Crippen molar-refractivity contribution in [3.8, 4) is 0 Å². The monoisotopic (exact) mass is 436 g/mol. The number of rotatable bonds is 3. The zero-order chi connectivity index (χ0) is 19.8. The SMILES string of the molecule is CCC1c2ccsc2CCN1C(=O)C1CCCN1C(=O)c1ccc(Cl)c(Cl)c1. The maximum absolute atomic E-state index is 13.5. The summed E-state index contributed by atoms with van der Waals surface area (Å²) in [6, 6.07) is 6.71. The second kappa shape index (κ2) is 8.05. The third-order valence-electron chi connectivity index (χ3n) is 5.73. The molecule has 3 heterocycles. The van der Waals surface area contributed by atoms with Crippen LogP contribution in [0.15, 0.2) is 29.6 Å². The highest BCUT2D eigenvalue weighted by molar-refractivity contribution is 7.10. The number of nitrogens with zero attached hydrogens (tertiary/aromatic N) is 2. The quantitative estimate of drug-likeness (QED) is 0.663. The van der Waals surface area contributed by atoms with Gasteiger partial charge in [-0.25, -0.2) is 0 Å². The highest BCUT2D eigenvalue weighted by atomic mass is 35.5. The van der Waals surface area contributed by atoms with Crippen molar-refractivity contribution in [1.82, 2.24) is 9.80 Å². The summed E-state index contributed by atoms with van der Waals surface area (Å²) in [5.74, 6) is -0.0923. The molecule has 0 N–H and O–H groups in total. The van der Waals surface area contributed by atoms with Crippen molar-refractivity contribution in [2.75, 3.05) is 13.1 Å². The summed E-state index contributed by atoms with van der Waals surface area (Å²) < 4.78 is 0. The Morgan fingerprint density at radius 3 is 2.71 bits per heavy atom. The Morgan fingerprint density at radius 2 is 1.96 bits per heavy atom. The average Bonchev–Trinajstić information content (AvgIpc) is 3.37. The summed E-state index contributed by atoms with van der Waals surface area (Å²) in [4.78, 5) is 31.6. The first-order chi connectivity index (χ1) is 13.5. The molecule has 1 aromatic carbocycles. The van der Waals surface area contributed by atoms with Crippen LogP contribution in [0.1, 0.15) is 53.0 Å². The molecule has 4 nitrogen and oxygen atoms in total. The minimum absolute atomic E-state index is 0.0645. The molecule has 0 bridgehead atoms. The minimum Gasteiger partial charge on any atom is -0.333 e. The van der Waals surface area contributed by atoms with Crippen LogP contribution in [0.3, 0.4) is 0 Å². The molecule has 1 aromatic heterocycles. The Balaban J connectivity index is 1.57. The molecule has 2 aliphatic heterocycles. The topological polar surface area (TPSA) is 40.6 Å². The van der Waals surface area contributed by atoms with E-state index >= 15 is 0 Å². The van der Waals surface area contributed by atoms with Gasteiger partial charge in [0.05, 0.1) is 16.1 Å². The van der Waals surface area contributed by atoms with Gasteiger partial charge < -0.3 is 9.80 Å². The van der Waals surface area contributed by atoms with Crippen LogP contribution in [-0.2, 0) is 11.2 Å². The summed E-state index contributed by atoms with van der Waals surface area (Å²) in [5.41, 5.74) is 1.74. The molecule has 2 aromatic rings. The normalized spacial score (nSPS) is 21.7. The van der Waals surface area contributed by atoms with Crippen molar-refractivity contribution >= 4 is 46.4 Å². The zero-order valence-electron chi connectivity index (χ0n) is 15.7. The summed E-state index contributed by atoms with van der Waals surface area (Å²) in [6.45, 7) is 3.42. The van der Waals surface area contributed by atoms with E-state index in [2.05, 4.69) is 18.4 Å². The Bertz CT molecular complexity index is 914. The van der Waals surface area contributed by atoms with E-state index in [4.69, 9.17) is 23.2 Å². The number of carbonyl (C=O) groups excluding carboxylic acids is 2. The highest BCUT2D eigenvalue weighted by Gasteiger charge is 2.40. The number of fused-ring (bicyclic) bond motifs is 1. The van der Waals surface area contributed by atoms with E-state index in [1.165, 1.54) is 10.4 Å². The summed E-state index contributed by atoms with van der Waals surface area (Å²) in [7, 11) is 0. The van der Waals surface area contributed by atoms with Gasteiger partial charge in [-0.3, -0.25) is 9.59 Å². The van der Waals surface area contributed by atoms with Crippen LogP contribution in [-0.4, -0.2) is 40.7 Å². The van der Waals surface area contributed by atoms with E-state index in [0.29, 0.717) is 28.6 Å².